The Hall–Kier alpha value is -0.643. The van der Waals surface area contributed by atoms with Gasteiger partial charge in [0.1, 0.15) is 5.37 Å². The zero-order valence-electron chi connectivity index (χ0n) is 19.0. The zero-order valence-corrected chi connectivity index (χ0v) is 23.1. The van der Waals surface area contributed by atoms with Gasteiger partial charge in [-0.15, -0.1) is 11.8 Å². The van der Waals surface area contributed by atoms with Crippen molar-refractivity contribution in [2.75, 3.05) is 0 Å². The first-order valence-corrected chi connectivity index (χ1v) is 15.4. The van der Waals surface area contributed by atoms with Crippen molar-refractivity contribution in [2.45, 2.75) is 63.9 Å². The molecule has 1 amide bonds. The summed E-state index contributed by atoms with van der Waals surface area (Å²) in [5, 5.41) is 10.6. The minimum atomic E-state index is -1.09. The van der Waals surface area contributed by atoms with Crippen molar-refractivity contribution >= 4 is 67.6 Å². The minimum absolute atomic E-state index is 0.0729. The first kappa shape index (κ1) is 26.0. The van der Waals surface area contributed by atoms with E-state index in [4.69, 9.17) is 27.6 Å². The lowest BCUT2D eigenvalue weighted by Crippen LogP contribution is -2.70. The van der Waals surface area contributed by atoms with Crippen LogP contribution in [0.25, 0.3) is 0 Å². The predicted molar refractivity (Wildman–Crippen MR) is 135 cm³/mol. The first-order chi connectivity index (χ1) is 14.8. The van der Waals surface area contributed by atoms with Gasteiger partial charge < -0.3 is 9.53 Å². The van der Waals surface area contributed by atoms with E-state index in [9.17, 15) is 14.7 Å². The quantitative estimate of drug-likeness (QED) is 0.305. The zero-order chi connectivity index (χ0) is 24.0. The number of carbonyl (C=O) groups excluding carboxylic acids is 1. The Morgan fingerprint density at radius 3 is 2.44 bits per heavy atom. The van der Waals surface area contributed by atoms with Gasteiger partial charge in [-0.2, -0.15) is 0 Å². The fraction of sp³-hybridized carbons (Fsp3) is 0.545. The van der Waals surface area contributed by atoms with Crippen molar-refractivity contribution < 1.29 is 19.1 Å². The van der Waals surface area contributed by atoms with Gasteiger partial charge in [-0.1, -0.05) is 68.7 Å². The van der Waals surface area contributed by atoms with Crippen molar-refractivity contribution in [1.29, 1.82) is 0 Å². The highest BCUT2D eigenvalue weighted by molar-refractivity contribution is 8.22. The summed E-state index contributed by atoms with van der Waals surface area (Å²) in [6, 6.07) is 5.38. The molecule has 1 saturated heterocycles. The van der Waals surface area contributed by atoms with E-state index in [0.717, 1.165) is 5.56 Å². The molecule has 3 atom stereocenters. The number of nitrogens with zero attached hydrogens (tertiary/aromatic N) is 1. The van der Waals surface area contributed by atoms with Gasteiger partial charge in [-0.25, -0.2) is 4.79 Å². The van der Waals surface area contributed by atoms with Crippen LogP contribution in [0.2, 0.25) is 23.1 Å². The third-order valence-corrected chi connectivity index (χ3v) is 10.2. The summed E-state index contributed by atoms with van der Waals surface area (Å²) < 4.78 is 7.20. The number of carbonyl (C=O) groups is 2. The smallest absolute Gasteiger partial charge is 0.354 e. The molecule has 1 fully saturated rings. The number of halogens is 2. The summed E-state index contributed by atoms with van der Waals surface area (Å²) in [5.74, 6) is -1.11. The first-order valence-electron chi connectivity index (χ1n) is 10.4. The highest BCUT2D eigenvalue weighted by atomic mass is 35.5. The van der Waals surface area contributed by atoms with E-state index in [1.165, 1.54) is 28.4 Å². The van der Waals surface area contributed by atoms with Crippen LogP contribution in [0.5, 0.6) is 0 Å². The standard InChI is InChI=1S/C22H28Cl2NO4S2Si/c1-7-22(21(2,3)4,29-32(5)6)15-17(26)25-16(19(27)28)20(31-18(15)25)30-11-12-8-9-13(23)14(24)10-12/h8-10,15,18H,7,11H2,1-6H3,(H,27,28)/t15-,18-,22+/m1/s1. The van der Waals surface area contributed by atoms with Crippen LogP contribution in [0.1, 0.15) is 39.7 Å². The molecule has 0 unspecified atom stereocenters. The molecule has 0 bridgehead atoms. The van der Waals surface area contributed by atoms with E-state index in [1.807, 2.05) is 6.07 Å². The molecule has 2 heterocycles. The molecule has 2 aliphatic rings. The maximum Gasteiger partial charge on any atom is 0.354 e. The van der Waals surface area contributed by atoms with Crippen LogP contribution in [-0.2, 0) is 19.8 Å². The average molecular weight is 534 g/mol. The summed E-state index contributed by atoms with van der Waals surface area (Å²) in [6.07, 6.45) is 0.682. The molecule has 1 aromatic carbocycles. The maximum atomic E-state index is 13.4. The second kappa shape index (κ2) is 9.54. The number of benzene rings is 1. The van der Waals surface area contributed by atoms with Crippen LogP contribution < -0.4 is 0 Å². The summed E-state index contributed by atoms with van der Waals surface area (Å²) in [7, 11) is -1.09. The summed E-state index contributed by atoms with van der Waals surface area (Å²) in [5.41, 5.74) is 0.0766. The highest BCUT2D eigenvalue weighted by Gasteiger charge is 2.66. The highest BCUT2D eigenvalue weighted by Crippen LogP contribution is 2.60. The van der Waals surface area contributed by atoms with E-state index >= 15 is 0 Å². The van der Waals surface area contributed by atoms with Crippen molar-refractivity contribution in [3.05, 3.63) is 43.7 Å². The Morgan fingerprint density at radius 2 is 1.94 bits per heavy atom. The Morgan fingerprint density at radius 1 is 1.28 bits per heavy atom. The average Bonchev–Trinajstić information content (AvgIpc) is 3.01. The number of aliphatic carboxylic acids is 1. The largest absolute Gasteiger partial charge is 0.477 e. The normalized spacial score (nSPS) is 22.8. The lowest BCUT2D eigenvalue weighted by atomic mass is 9.64. The molecule has 3 rings (SSSR count). The van der Waals surface area contributed by atoms with Gasteiger partial charge in [0, 0.05) is 5.75 Å². The van der Waals surface area contributed by atoms with Gasteiger partial charge in [-0.3, -0.25) is 9.69 Å². The van der Waals surface area contributed by atoms with Crippen LogP contribution in [0.4, 0.5) is 0 Å². The predicted octanol–water partition coefficient (Wildman–Crippen LogP) is 6.47. The van der Waals surface area contributed by atoms with Gasteiger partial charge >= 0.3 is 5.97 Å². The molecular formula is C22H28Cl2NO4S2Si. The van der Waals surface area contributed by atoms with Gasteiger partial charge in [0.25, 0.3) is 0 Å². The molecule has 1 N–H and O–H groups in total. The molecule has 0 spiro atoms. The molecule has 0 aliphatic carbocycles. The lowest BCUT2D eigenvalue weighted by Gasteiger charge is -2.57. The number of carboxylic acid groups (broad SMARTS) is 1. The molecule has 5 nitrogen and oxygen atoms in total. The van der Waals surface area contributed by atoms with E-state index < -0.39 is 26.5 Å². The van der Waals surface area contributed by atoms with Crippen LogP contribution >= 0.6 is 46.7 Å². The molecular weight excluding hydrogens is 505 g/mol. The molecule has 1 radical (unpaired) electrons. The number of fused-ring (bicyclic) bond motifs is 1. The van der Waals surface area contributed by atoms with Crippen molar-refractivity contribution in [3.63, 3.8) is 0 Å². The van der Waals surface area contributed by atoms with Crippen molar-refractivity contribution in [3.8, 4) is 0 Å². The van der Waals surface area contributed by atoms with Crippen LogP contribution in [-0.4, -0.2) is 41.9 Å². The van der Waals surface area contributed by atoms with Gasteiger partial charge in [0.2, 0.25) is 14.9 Å². The Kier molecular flexibility index (Phi) is 7.75. The molecule has 0 saturated carbocycles. The number of thioether (sulfide) groups is 2. The van der Waals surface area contributed by atoms with Crippen LogP contribution in [0.3, 0.4) is 0 Å². The Balaban J connectivity index is 1.89. The van der Waals surface area contributed by atoms with Gasteiger partial charge in [0.15, 0.2) is 5.70 Å². The molecule has 32 heavy (non-hydrogen) atoms. The second-order valence-corrected chi connectivity index (χ2v) is 14.4. The second-order valence-electron chi connectivity index (χ2n) is 9.18. The third-order valence-electron chi connectivity index (χ3n) is 5.95. The van der Waals surface area contributed by atoms with E-state index in [1.54, 1.807) is 12.1 Å². The minimum Gasteiger partial charge on any atom is -0.477 e. The van der Waals surface area contributed by atoms with Crippen LogP contribution in [0.15, 0.2) is 28.1 Å². The monoisotopic (exact) mass is 532 g/mol. The number of carboxylic acids is 1. The SMILES string of the molecule is CC[C@](O[Si](C)C)([C@@H]1C(=O)N2C(C(=O)O)=C(SCc3ccc(Cl)c(Cl)c3)S[C@H]12)C(C)(C)C. The topological polar surface area (TPSA) is 66.8 Å². The lowest BCUT2D eigenvalue weighted by molar-refractivity contribution is -0.177. The van der Waals surface area contributed by atoms with Crippen molar-refractivity contribution in [2.24, 2.45) is 11.3 Å². The summed E-state index contributed by atoms with van der Waals surface area (Å²) in [6.45, 7) is 12.5. The van der Waals surface area contributed by atoms with E-state index in [-0.39, 0.29) is 22.4 Å². The number of rotatable bonds is 8. The summed E-state index contributed by atoms with van der Waals surface area (Å²) in [4.78, 5) is 27.0. The molecule has 10 heteroatoms. The fourth-order valence-electron chi connectivity index (χ4n) is 4.46. The van der Waals surface area contributed by atoms with E-state index in [2.05, 4.69) is 40.8 Å². The number of β-lactam (4-membered cyclic amide) rings is 1. The maximum absolute atomic E-state index is 13.4. The third kappa shape index (κ3) is 4.51. The van der Waals surface area contributed by atoms with Crippen LogP contribution in [0, 0.1) is 11.3 Å². The molecule has 1 aromatic rings. The number of hydrogen-bond acceptors (Lipinski definition) is 5. The fourth-order valence-corrected chi connectivity index (χ4v) is 8.93. The molecule has 175 valence electrons. The Bertz CT molecular complexity index is 966. The van der Waals surface area contributed by atoms with Gasteiger partial charge in [-0.05, 0) is 42.6 Å². The number of amides is 1. The molecule has 2 aliphatic heterocycles. The van der Waals surface area contributed by atoms with Crippen molar-refractivity contribution in [1.82, 2.24) is 4.90 Å². The summed E-state index contributed by atoms with van der Waals surface area (Å²) >= 11 is 15.0. The van der Waals surface area contributed by atoms with E-state index in [0.29, 0.717) is 26.5 Å². The van der Waals surface area contributed by atoms with Gasteiger partial charge in [0.05, 0.1) is 25.8 Å². The Labute approximate surface area is 210 Å². The molecule has 0 aromatic heterocycles. The number of hydrogen-bond donors (Lipinski definition) is 1.